The summed E-state index contributed by atoms with van der Waals surface area (Å²) in [6, 6.07) is 10.8. The third-order valence-electron chi connectivity index (χ3n) is 4.15. The zero-order valence-electron chi connectivity index (χ0n) is 15.7. The highest BCUT2D eigenvalue weighted by Crippen LogP contribution is 2.30. The number of thiazole rings is 1. The van der Waals surface area contributed by atoms with E-state index in [2.05, 4.69) is 22.5 Å². The van der Waals surface area contributed by atoms with Gasteiger partial charge in [-0.15, -0.1) is 0 Å². The Morgan fingerprint density at radius 3 is 2.71 bits per heavy atom. The second-order valence-corrected chi connectivity index (χ2v) is 8.20. The van der Waals surface area contributed by atoms with Gasteiger partial charge in [-0.2, -0.15) is 0 Å². The lowest BCUT2D eigenvalue weighted by Crippen LogP contribution is -2.34. The lowest BCUT2D eigenvalue weighted by molar-refractivity contribution is 0.0977. The molecule has 1 atom stereocenters. The molecule has 0 unspecified atom stereocenters. The van der Waals surface area contributed by atoms with Crippen molar-refractivity contribution in [3.8, 4) is 5.75 Å². The highest BCUT2D eigenvalue weighted by atomic mass is 35.5. The summed E-state index contributed by atoms with van der Waals surface area (Å²) in [4.78, 5) is 16.8. The Morgan fingerprint density at radius 1 is 1.32 bits per heavy atom. The molecule has 28 heavy (non-hydrogen) atoms. The van der Waals surface area contributed by atoms with Crippen molar-refractivity contribution in [1.82, 2.24) is 10.3 Å². The lowest BCUT2D eigenvalue weighted by atomic mass is 10.2. The Morgan fingerprint density at radius 2 is 2.04 bits per heavy atom. The first-order chi connectivity index (χ1) is 13.4. The number of halogens is 1. The summed E-state index contributed by atoms with van der Waals surface area (Å²) in [6.45, 7) is 6.00. The number of aromatic nitrogens is 1. The first-order valence-corrected chi connectivity index (χ1v) is 10.4. The number of rotatable bonds is 5. The molecule has 1 heterocycles. The van der Waals surface area contributed by atoms with Gasteiger partial charge in [0.05, 0.1) is 16.3 Å². The molecule has 0 saturated heterocycles. The summed E-state index contributed by atoms with van der Waals surface area (Å²) in [5.41, 5.74) is 2.27. The molecule has 3 aromatic rings. The van der Waals surface area contributed by atoms with E-state index in [4.69, 9.17) is 28.6 Å². The van der Waals surface area contributed by atoms with Crippen LogP contribution in [0.1, 0.15) is 36.2 Å². The van der Waals surface area contributed by atoms with Crippen LogP contribution in [0.5, 0.6) is 5.75 Å². The van der Waals surface area contributed by atoms with Crippen LogP contribution in [0.4, 0.5) is 5.13 Å². The molecule has 2 N–H and O–H groups in total. The number of anilines is 1. The molecule has 8 heteroatoms. The number of nitrogens with one attached hydrogen (secondary N) is 2. The fourth-order valence-corrected chi connectivity index (χ4v) is 3.77. The second-order valence-electron chi connectivity index (χ2n) is 6.36. The normalized spacial score (nSPS) is 11.9. The van der Waals surface area contributed by atoms with E-state index in [1.54, 1.807) is 24.3 Å². The van der Waals surface area contributed by atoms with Gasteiger partial charge in [-0.3, -0.25) is 10.1 Å². The van der Waals surface area contributed by atoms with Gasteiger partial charge < -0.3 is 10.1 Å². The second kappa shape index (κ2) is 8.86. The predicted octanol–water partition coefficient (Wildman–Crippen LogP) is 5.56. The number of hydrogen-bond acceptors (Lipinski definition) is 5. The van der Waals surface area contributed by atoms with Crippen molar-refractivity contribution in [2.75, 3.05) is 5.32 Å². The Bertz CT molecular complexity index is 979. The number of aryl methyl sites for hydroxylation is 1. The van der Waals surface area contributed by atoms with Crippen LogP contribution in [0, 0.1) is 6.92 Å². The number of ether oxygens (including phenoxy) is 1. The van der Waals surface area contributed by atoms with Crippen LogP contribution in [0.15, 0.2) is 36.4 Å². The van der Waals surface area contributed by atoms with E-state index in [0.717, 1.165) is 28.0 Å². The van der Waals surface area contributed by atoms with Gasteiger partial charge in [-0.05, 0) is 74.4 Å². The molecule has 0 aliphatic rings. The van der Waals surface area contributed by atoms with Crippen LogP contribution < -0.4 is 15.4 Å². The first kappa shape index (κ1) is 20.5. The molecule has 0 aliphatic heterocycles. The number of fused-ring (bicyclic) bond motifs is 1. The van der Waals surface area contributed by atoms with Gasteiger partial charge in [0.2, 0.25) is 0 Å². The summed E-state index contributed by atoms with van der Waals surface area (Å²) < 4.78 is 6.71. The molecule has 5 nitrogen and oxygen atoms in total. The van der Waals surface area contributed by atoms with E-state index in [1.807, 2.05) is 26.0 Å². The summed E-state index contributed by atoms with van der Waals surface area (Å²) in [5.74, 6) is 0.433. The molecular weight excluding hydrogens is 414 g/mol. The van der Waals surface area contributed by atoms with E-state index >= 15 is 0 Å². The quantitative estimate of drug-likeness (QED) is 0.515. The van der Waals surface area contributed by atoms with Crippen LogP contribution >= 0.6 is 35.2 Å². The first-order valence-electron chi connectivity index (χ1n) is 8.81. The summed E-state index contributed by atoms with van der Waals surface area (Å²) in [7, 11) is 0. The number of hydrogen-bond donors (Lipinski definition) is 2. The molecule has 2 aromatic carbocycles. The van der Waals surface area contributed by atoms with E-state index in [1.165, 1.54) is 11.3 Å². The zero-order chi connectivity index (χ0) is 20.3. The number of thiocarbonyl (C=S) groups is 1. The van der Waals surface area contributed by atoms with Crippen LogP contribution in [-0.4, -0.2) is 22.1 Å². The van der Waals surface area contributed by atoms with Gasteiger partial charge in [0.15, 0.2) is 10.2 Å². The van der Waals surface area contributed by atoms with E-state index in [-0.39, 0.29) is 17.1 Å². The smallest absolute Gasteiger partial charge is 0.257 e. The maximum Gasteiger partial charge on any atom is 0.257 e. The number of benzene rings is 2. The fraction of sp³-hybridized carbons (Fsp3) is 0.250. The van der Waals surface area contributed by atoms with Crippen molar-refractivity contribution in [1.29, 1.82) is 0 Å². The average molecular weight is 434 g/mol. The van der Waals surface area contributed by atoms with Crippen LogP contribution in [-0.2, 0) is 0 Å². The van der Waals surface area contributed by atoms with Gasteiger partial charge in [0, 0.05) is 10.6 Å². The van der Waals surface area contributed by atoms with Crippen LogP contribution in [0.3, 0.4) is 0 Å². The van der Waals surface area contributed by atoms with Crippen molar-refractivity contribution in [2.24, 2.45) is 0 Å². The topological polar surface area (TPSA) is 63.2 Å². The highest BCUT2D eigenvalue weighted by molar-refractivity contribution is 7.80. The standard InChI is InChI=1S/C20H20ClN3O2S2/c1-4-12(3)26-14-7-5-13(6-8-14)18(25)23-19(27)24-20-22-16-10-15(21)11(2)9-17(16)28-20/h5-10,12H,4H2,1-3H3,(H2,22,23,24,25,27)/t12-/m1/s1. The molecule has 0 fully saturated rings. The maximum absolute atomic E-state index is 12.4. The van der Waals surface area contributed by atoms with Crippen LogP contribution in [0.25, 0.3) is 10.2 Å². The minimum Gasteiger partial charge on any atom is -0.491 e. The molecule has 146 valence electrons. The monoisotopic (exact) mass is 433 g/mol. The third kappa shape index (κ3) is 4.98. The molecular formula is C20H20ClN3O2S2. The van der Waals surface area contributed by atoms with Crippen molar-refractivity contribution < 1.29 is 9.53 Å². The predicted molar refractivity (Wildman–Crippen MR) is 120 cm³/mol. The molecule has 0 saturated carbocycles. The average Bonchev–Trinajstić information content (AvgIpc) is 3.03. The largest absolute Gasteiger partial charge is 0.491 e. The minimum absolute atomic E-state index is 0.129. The lowest BCUT2D eigenvalue weighted by Gasteiger charge is -2.13. The fourth-order valence-electron chi connectivity index (χ4n) is 2.41. The SMILES string of the molecule is CC[C@@H](C)Oc1ccc(C(=O)NC(=S)Nc2nc3cc(Cl)c(C)cc3s2)cc1. The van der Waals surface area contributed by atoms with Crippen LogP contribution in [0.2, 0.25) is 5.02 Å². The molecule has 0 radical (unpaired) electrons. The third-order valence-corrected chi connectivity index (χ3v) is 5.69. The van der Waals surface area contributed by atoms with E-state index in [9.17, 15) is 4.79 Å². The van der Waals surface area contributed by atoms with Gasteiger partial charge >= 0.3 is 0 Å². The maximum atomic E-state index is 12.4. The number of carbonyl (C=O) groups is 1. The number of amides is 1. The van der Waals surface area contributed by atoms with Gasteiger partial charge in [0.25, 0.3) is 5.91 Å². The molecule has 0 bridgehead atoms. The molecule has 0 spiro atoms. The molecule has 0 aliphatic carbocycles. The van der Waals surface area contributed by atoms with Crippen molar-refractivity contribution >= 4 is 61.5 Å². The van der Waals surface area contributed by atoms with Gasteiger partial charge in [0.1, 0.15) is 5.75 Å². The Kier molecular flexibility index (Phi) is 6.49. The van der Waals surface area contributed by atoms with Crippen molar-refractivity contribution in [3.63, 3.8) is 0 Å². The summed E-state index contributed by atoms with van der Waals surface area (Å²) in [6.07, 6.45) is 1.05. The van der Waals surface area contributed by atoms with Gasteiger partial charge in [-0.1, -0.05) is 29.9 Å². The Hall–Kier alpha value is -2.22. The Balaban J connectivity index is 1.62. The zero-order valence-corrected chi connectivity index (χ0v) is 18.1. The summed E-state index contributed by atoms with van der Waals surface area (Å²) >= 11 is 12.8. The van der Waals surface area contributed by atoms with Crippen molar-refractivity contribution in [3.05, 3.63) is 52.5 Å². The molecule has 1 aromatic heterocycles. The number of nitrogens with zero attached hydrogens (tertiary/aromatic N) is 1. The van der Waals surface area contributed by atoms with E-state index in [0.29, 0.717) is 15.7 Å². The van der Waals surface area contributed by atoms with E-state index < -0.39 is 0 Å². The minimum atomic E-state index is -0.299. The van der Waals surface area contributed by atoms with Gasteiger partial charge in [-0.25, -0.2) is 4.98 Å². The number of carbonyl (C=O) groups excluding carboxylic acids is 1. The van der Waals surface area contributed by atoms with Crippen molar-refractivity contribution in [2.45, 2.75) is 33.3 Å². The molecule has 1 amide bonds. The molecule has 3 rings (SSSR count). The highest BCUT2D eigenvalue weighted by Gasteiger charge is 2.12. The summed E-state index contributed by atoms with van der Waals surface area (Å²) in [5, 5.41) is 7.07. The Labute approximate surface area is 178 Å².